The second-order valence-corrected chi connectivity index (χ2v) is 7.10. The monoisotopic (exact) mass is 249 g/mol. The lowest BCUT2D eigenvalue weighted by Gasteiger charge is -2.37. The maximum atomic E-state index is 11.3. The van der Waals surface area contributed by atoms with Crippen molar-refractivity contribution in [1.29, 1.82) is 0 Å². The van der Waals surface area contributed by atoms with Crippen molar-refractivity contribution in [2.75, 3.05) is 37.7 Å². The van der Waals surface area contributed by atoms with Crippen molar-refractivity contribution in [1.82, 2.24) is 4.90 Å². The molecular formula is C11H23NO3S. The van der Waals surface area contributed by atoms with E-state index in [1.165, 1.54) is 0 Å². The van der Waals surface area contributed by atoms with Gasteiger partial charge in [-0.3, -0.25) is 0 Å². The van der Waals surface area contributed by atoms with Gasteiger partial charge in [0.15, 0.2) is 9.84 Å². The van der Waals surface area contributed by atoms with Crippen LogP contribution in [0.3, 0.4) is 0 Å². The van der Waals surface area contributed by atoms with E-state index in [2.05, 4.69) is 18.7 Å². The lowest BCUT2D eigenvalue weighted by molar-refractivity contribution is 0.0691. The molecule has 0 aliphatic carbocycles. The molecule has 96 valence electrons. The van der Waals surface area contributed by atoms with Gasteiger partial charge >= 0.3 is 0 Å². The van der Waals surface area contributed by atoms with Gasteiger partial charge in [0.2, 0.25) is 0 Å². The van der Waals surface area contributed by atoms with Gasteiger partial charge in [-0.1, -0.05) is 13.8 Å². The maximum Gasteiger partial charge on any atom is 0.152 e. The van der Waals surface area contributed by atoms with E-state index in [-0.39, 0.29) is 23.5 Å². The Bertz CT molecular complexity index is 287. The fraction of sp³-hybridized carbons (Fsp3) is 1.00. The maximum absolute atomic E-state index is 11.3. The largest absolute Gasteiger partial charge is 0.396 e. The number of rotatable bonds is 5. The first-order valence-corrected chi connectivity index (χ1v) is 7.83. The van der Waals surface area contributed by atoms with E-state index in [1.807, 2.05) is 0 Å². The van der Waals surface area contributed by atoms with Crippen molar-refractivity contribution < 1.29 is 13.5 Å². The van der Waals surface area contributed by atoms with Gasteiger partial charge in [0, 0.05) is 31.7 Å². The van der Waals surface area contributed by atoms with E-state index in [9.17, 15) is 13.5 Å². The third kappa shape index (κ3) is 3.43. The molecule has 0 spiro atoms. The van der Waals surface area contributed by atoms with Crippen molar-refractivity contribution in [3.63, 3.8) is 0 Å². The molecule has 0 aromatic rings. The Morgan fingerprint density at radius 3 is 2.06 bits per heavy atom. The zero-order valence-electron chi connectivity index (χ0n) is 10.3. The minimum Gasteiger partial charge on any atom is -0.396 e. The van der Waals surface area contributed by atoms with Gasteiger partial charge in [-0.05, 0) is 12.8 Å². The van der Waals surface area contributed by atoms with Crippen molar-refractivity contribution >= 4 is 9.84 Å². The summed E-state index contributed by atoms with van der Waals surface area (Å²) in [5, 5.41) is 9.46. The quantitative estimate of drug-likeness (QED) is 0.771. The summed E-state index contributed by atoms with van der Waals surface area (Å²) < 4.78 is 22.6. The van der Waals surface area contributed by atoms with E-state index in [0.29, 0.717) is 13.1 Å². The van der Waals surface area contributed by atoms with E-state index in [0.717, 1.165) is 19.4 Å². The van der Waals surface area contributed by atoms with Crippen LogP contribution in [0.2, 0.25) is 0 Å². The first kappa shape index (κ1) is 13.9. The molecule has 0 radical (unpaired) electrons. The molecule has 1 aliphatic rings. The van der Waals surface area contributed by atoms with Crippen LogP contribution in [0.1, 0.15) is 26.7 Å². The number of aliphatic hydroxyl groups is 1. The molecule has 1 aliphatic heterocycles. The van der Waals surface area contributed by atoms with Crippen LogP contribution < -0.4 is 0 Å². The summed E-state index contributed by atoms with van der Waals surface area (Å²) in [7, 11) is -2.80. The minimum atomic E-state index is -2.80. The lowest BCUT2D eigenvalue weighted by Crippen LogP contribution is -2.46. The Kier molecular flexibility index (Phi) is 4.76. The van der Waals surface area contributed by atoms with Crippen molar-refractivity contribution in [3.05, 3.63) is 0 Å². The summed E-state index contributed by atoms with van der Waals surface area (Å²) in [6.07, 6.45) is 1.87. The third-order valence-corrected chi connectivity index (χ3v) is 5.44. The minimum absolute atomic E-state index is 0.0545. The highest BCUT2D eigenvalue weighted by Gasteiger charge is 2.30. The normalized spacial score (nSPS) is 22.2. The number of aliphatic hydroxyl groups excluding tert-OH is 1. The van der Waals surface area contributed by atoms with Gasteiger partial charge in [0.1, 0.15) is 0 Å². The van der Waals surface area contributed by atoms with Crippen LogP contribution in [0, 0.1) is 5.41 Å². The first-order chi connectivity index (χ1) is 7.47. The van der Waals surface area contributed by atoms with Gasteiger partial charge < -0.3 is 10.0 Å². The zero-order valence-corrected chi connectivity index (χ0v) is 11.1. The standard InChI is InChI=1S/C11H23NO3S/c1-3-11(4-2,10-13)9-12-5-7-16(14,15)8-6-12/h13H,3-10H2,1-2H3. The van der Waals surface area contributed by atoms with Gasteiger partial charge in [-0.25, -0.2) is 8.42 Å². The summed E-state index contributed by atoms with van der Waals surface area (Å²) in [5.74, 6) is 0.532. The van der Waals surface area contributed by atoms with Crippen LogP contribution in [0.15, 0.2) is 0 Å². The van der Waals surface area contributed by atoms with E-state index in [4.69, 9.17) is 0 Å². The molecule has 0 aromatic heterocycles. The topological polar surface area (TPSA) is 57.6 Å². The molecule has 0 amide bonds. The Labute approximate surface area is 98.6 Å². The van der Waals surface area contributed by atoms with Crippen LogP contribution in [0.25, 0.3) is 0 Å². The second kappa shape index (κ2) is 5.47. The van der Waals surface area contributed by atoms with Crippen LogP contribution in [-0.4, -0.2) is 56.2 Å². The molecule has 0 unspecified atom stereocenters. The van der Waals surface area contributed by atoms with Gasteiger partial charge in [0.25, 0.3) is 0 Å². The summed E-state index contributed by atoms with van der Waals surface area (Å²) >= 11 is 0. The Hall–Kier alpha value is -0.130. The molecule has 0 atom stereocenters. The molecule has 5 heteroatoms. The van der Waals surface area contributed by atoms with Crippen LogP contribution in [-0.2, 0) is 9.84 Å². The number of hydrogen-bond donors (Lipinski definition) is 1. The Morgan fingerprint density at radius 1 is 1.19 bits per heavy atom. The molecule has 0 aromatic carbocycles. The molecule has 0 bridgehead atoms. The van der Waals surface area contributed by atoms with Crippen LogP contribution >= 0.6 is 0 Å². The highest BCUT2D eigenvalue weighted by atomic mass is 32.2. The number of nitrogens with zero attached hydrogens (tertiary/aromatic N) is 1. The number of hydrogen-bond acceptors (Lipinski definition) is 4. The molecule has 1 fully saturated rings. The fourth-order valence-electron chi connectivity index (χ4n) is 2.13. The summed E-state index contributed by atoms with van der Waals surface area (Å²) in [5.41, 5.74) is -0.0545. The fourth-order valence-corrected chi connectivity index (χ4v) is 3.41. The highest BCUT2D eigenvalue weighted by molar-refractivity contribution is 7.91. The number of sulfone groups is 1. The molecule has 1 heterocycles. The van der Waals surface area contributed by atoms with Gasteiger partial charge in [-0.15, -0.1) is 0 Å². The molecule has 1 N–H and O–H groups in total. The van der Waals surface area contributed by atoms with E-state index >= 15 is 0 Å². The predicted molar refractivity (Wildman–Crippen MR) is 65.2 cm³/mol. The lowest BCUT2D eigenvalue weighted by atomic mass is 9.82. The SMILES string of the molecule is CCC(CC)(CO)CN1CCS(=O)(=O)CC1. The van der Waals surface area contributed by atoms with E-state index < -0.39 is 9.84 Å². The van der Waals surface area contributed by atoms with E-state index in [1.54, 1.807) is 0 Å². The third-order valence-electron chi connectivity index (χ3n) is 3.83. The smallest absolute Gasteiger partial charge is 0.152 e. The first-order valence-electron chi connectivity index (χ1n) is 6.00. The van der Waals surface area contributed by atoms with Crippen molar-refractivity contribution in [2.24, 2.45) is 5.41 Å². The van der Waals surface area contributed by atoms with Gasteiger partial charge in [0.05, 0.1) is 11.5 Å². The zero-order chi connectivity index (χ0) is 12.2. The highest BCUT2D eigenvalue weighted by Crippen LogP contribution is 2.27. The summed E-state index contributed by atoms with van der Waals surface area (Å²) in [4.78, 5) is 2.17. The summed E-state index contributed by atoms with van der Waals surface area (Å²) in [6, 6.07) is 0. The Morgan fingerprint density at radius 2 is 1.69 bits per heavy atom. The molecule has 0 saturated carbocycles. The molecule has 16 heavy (non-hydrogen) atoms. The molecule has 4 nitrogen and oxygen atoms in total. The van der Waals surface area contributed by atoms with Crippen LogP contribution in [0.5, 0.6) is 0 Å². The summed E-state index contributed by atoms with van der Waals surface area (Å²) in [6.45, 7) is 6.39. The predicted octanol–water partition coefficient (Wildman–Crippen LogP) is 0.515. The van der Waals surface area contributed by atoms with Gasteiger partial charge in [-0.2, -0.15) is 0 Å². The van der Waals surface area contributed by atoms with Crippen molar-refractivity contribution in [3.8, 4) is 0 Å². The molecule has 1 saturated heterocycles. The Balaban J connectivity index is 2.55. The average Bonchev–Trinajstić information content (AvgIpc) is 2.29. The van der Waals surface area contributed by atoms with Crippen LogP contribution in [0.4, 0.5) is 0 Å². The molecule has 1 rings (SSSR count). The molecular weight excluding hydrogens is 226 g/mol. The average molecular weight is 249 g/mol. The van der Waals surface area contributed by atoms with Crippen molar-refractivity contribution in [2.45, 2.75) is 26.7 Å². The second-order valence-electron chi connectivity index (χ2n) is 4.79.